The van der Waals surface area contributed by atoms with E-state index in [1.807, 2.05) is 0 Å². The highest BCUT2D eigenvalue weighted by atomic mass is 19.4. The van der Waals surface area contributed by atoms with Crippen molar-refractivity contribution in [3.8, 4) is 0 Å². The average molecular weight is 393 g/mol. The summed E-state index contributed by atoms with van der Waals surface area (Å²) < 4.78 is 43.5. The lowest BCUT2D eigenvalue weighted by atomic mass is 9.96. The number of nitrogens with zero attached hydrogens (tertiary/aromatic N) is 1. The molecule has 2 atom stereocenters. The van der Waals surface area contributed by atoms with Crippen LogP contribution in [0.4, 0.5) is 18.9 Å². The summed E-state index contributed by atoms with van der Waals surface area (Å²) >= 11 is 0. The van der Waals surface area contributed by atoms with E-state index in [9.17, 15) is 18.0 Å². The minimum Gasteiger partial charge on any atom is -0.478 e. The van der Waals surface area contributed by atoms with Crippen molar-refractivity contribution in [1.82, 2.24) is 0 Å². The molecule has 1 fully saturated rings. The Hall–Kier alpha value is -2.54. The molecule has 0 radical (unpaired) electrons. The quantitative estimate of drug-likeness (QED) is 0.786. The number of carboxylic acids is 1. The fourth-order valence-electron chi connectivity index (χ4n) is 3.79. The van der Waals surface area contributed by atoms with Crippen molar-refractivity contribution in [3.05, 3.63) is 65.2 Å². The first-order valence-corrected chi connectivity index (χ1v) is 9.03. The Morgan fingerprint density at radius 2 is 1.79 bits per heavy atom. The third kappa shape index (κ3) is 4.65. The molecular formula is C21H22F3NO3. The predicted molar refractivity (Wildman–Crippen MR) is 99.7 cm³/mol. The van der Waals surface area contributed by atoms with Gasteiger partial charge in [0.2, 0.25) is 0 Å². The highest BCUT2D eigenvalue weighted by molar-refractivity contribution is 5.88. The van der Waals surface area contributed by atoms with Gasteiger partial charge in [-0.3, -0.25) is 0 Å². The molecule has 7 heteroatoms. The smallest absolute Gasteiger partial charge is 0.416 e. The maximum atomic E-state index is 12.7. The molecule has 2 aromatic rings. The summed E-state index contributed by atoms with van der Waals surface area (Å²) in [6.45, 7) is 1.27. The fourth-order valence-corrected chi connectivity index (χ4v) is 3.79. The Kier molecular flexibility index (Phi) is 5.93. The topological polar surface area (TPSA) is 49.8 Å². The third-order valence-electron chi connectivity index (χ3n) is 5.11. The van der Waals surface area contributed by atoms with Gasteiger partial charge < -0.3 is 14.7 Å². The molecule has 1 aliphatic heterocycles. The lowest BCUT2D eigenvalue weighted by Crippen LogP contribution is -2.32. The number of anilines is 1. The molecule has 28 heavy (non-hydrogen) atoms. The van der Waals surface area contributed by atoms with Crippen molar-refractivity contribution in [2.24, 2.45) is 5.92 Å². The molecule has 1 saturated heterocycles. The molecule has 2 aromatic carbocycles. The van der Waals surface area contributed by atoms with Crippen LogP contribution in [0.15, 0.2) is 48.5 Å². The maximum absolute atomic E-state index is 12.7. The number of alkyl halides is 3. The van der Waals surface area contributed by atoms with Gasteiger partial charge in [-0.1, -0.05) is 12.1 Å². The number of methoxy groups -OCH3 is 1. The van der Waals surface area contributed by atoms with Crippen LogP contribution in [0.2, 0.25) is 0 Å². The lowest BCUT2D eigenvalue weighted by molar-refractivity contribution is -0.137. The van der Waals surface area contributed by atoms with Crippen molar-refractivity contribution >= 4 is 11.7 Å². The Morgan fingerprint density at radius 3 is 2.32 bits per heavy atom. The summed E-state index contributed by atoms with van der Waals surface area (Å²) in [6.07, 6.45) is -2.79. The average Bonchev–Trinajstić information content (AvgIpc) is 3.04. The number of hydrogen-bond acceptors (Lipinski definition) is 3. The molecule has 4 nitrogen and oxygen atoms in total. The highest BCUT2D eigenvalue weighted by Gasteiger charge is 2.33. The van der Waals surface area contributed by atoms with Gasteiger partial charge in [-0.25, -0.2) is 4.79 Å². The van der Waals surface area contributed by atoms with Crippen molar-refractivity contribution < 1.29 is 27.8 Å². The Labute approximate surface area is 161 Å². The molecule has 150 valence electrons. The second-order valence-corrected chi connectivity index (χ2v) is 7.11. The zero-order chi connectivity index (χ0) is 20.3. The van der Waals surface area contributed by atoms with Crippen LogP contribution in [-0.4, -0.2) is 37.4 Å². The van der Waals surface area contributed by atoms with Crippen LogP contribution < -0.4 is 4.90 Å². The van der Waals surface area contributed by atoms with Crippen LogP contribution in [-0.2, 0) is 17.3 Å². The molecule has 0 spiro atoms. The minimum absolute atomic E-state index is 0.139. The zero-order valence-electron chi connectivity index (χ0n) is 15.4. The molecule has 0 saturated carbocycles. The third-order valence-corrected chi connectivity index (χ3v) is 5.11. The fraction of sp³-hybridized carbons (Fsp3) is 0.381. The first-order chi connectivity index (χ1) is 13.3. The largest absolute Gasteiger partial charge is 0.478 e. The van der Waals surface area contributed by atoms with Crippen LogP contribution in [0, 0.1) is 5.92 Å². The SMILES string of the molecule is COC[C@@H]1CC(Cc2ccc(C(F)(F)F)cc2)CN1c1ccc(C(=O)O)cc1. The van der Waals surface area contributed by atoms with E-state index in [1.165, 1.54) is 0 Å². The summed E-state index contributed by atoms with van der Waals surface area (Å²) in [5.41, 5.74) is 1.38. The summed E-state index contributed by atoms with van der Waals surface area (Å²) in [5.74, 6) is -0.697. The van der Waals surface area contributed by atoms with E-state index >= 15 is 0 Å². The monoisotopic (exact) mass is 393 g/mol. The van der Waals surface area contributed by atoms with Gasteiger partial charge in [-0.15, -0.1) is 0 Å². The van der Waals surface area contributed by atoms with Crippen LogP contribution in [0.3, 0.4) is 0 Å². The first kappa shape index (κ1) is 20.2. The van der Waals surface area contributed by atoms with E-state index in [1.54, 1.807) is 43.5 Å². The van der Waals surface area contributed by atoms with E-state index < -0.39 is 17.7 Å². The molecule has 0 aromatic heterocycles. The number of rotatable bonds is 6. The molecule has 0 amide bonds. The van der Waals surface area contributed by atoms with Gasteiger partial charge in [0.05, 0.1) is 23.8 Å². The molecule has 3 rings (SSSR count). The van der Waals surface area contributed by atoms with Crippen molar-refractivity contribution in [2.75, 3.05) is 25.2 Å². The Bertz CT molecular complexity index is 803. The van der Waals surface area contributed by atoms with E-state index in [0.29, 0.717) is 13.0 Å². The lowest BCUT2D eigenvalue weighted by Gasteiger charge is -2.26. The van der Waals surface area contributed by atoms with Gasteiger partial charge >= 0.3 is 12.1 Å². The number of ether oxygens (including phenoxy) is 1. The van der Waals surface area contributed by atoms with Gasteiger partial charge in [0.15, 0.2) is 0 Å². The minimum atomic E-state index is -4.33. The van der Waals surface area contributed by atoms with Gasteiger partial charge in [-0.2, -0.15) is 13.2 Å². The second-order valence-electron chi connectivity index (χ2n) is 7.11. The molecule has 1 N–H and O–H groups in total. The van der Waals surface area contributed by atoms with Crippen LogP contribution >= 0.6 is 0 Å². The predicted octanol–water partition coefficient (Wildman–Crippen LogP) is 4.49. The number of carboxylic acid groups (broad SMARTS) is 1. The number of hydrogen-bond donors (Lipinski definition) is 1. The molecule has 1 aliphatic rings. The van der Waals surface area contributed by atoms with E-state index in [2.05, 4.69) is 4.90 Å². The van der Waals surface area contributed by atoms with E-state index in [-0.39, 0.29) is 17.5 Å². The standard InChI is InChI=1S/C21H22F3NO3/c1-28-13-19-11-15(10-14-2-6-17(7-3-14)21(22,23)24)12-25(19)18-8-4-16(5-9-18)20(26)27/h2-9,15,19H,10-13H2,1H3,(H,26,27)/t15?,19-/m0/s1. The van der Waals surface area contributed by atoms with Gasteiger partial charge in [-0.05, 0) is 60.7 Å². The van der Waals surface area contributed by atoms with Gasteiger partial charge in [0, 0.05) is 19.3 Å². The summed E-state index contributed by atoms with van der Waals surface area (Å²) in [5, 5.41) is 9.05. The number of halogens is 3. The normalized spacial score (nSPS) is 19.8. The maximum Gasteiger partial charge on any atom is 0.416 e. The van der Waals surface area contributed by atoms with E-state index in [4.69, 9.17) is 9.84 Å². The summed E-state index contributed by atoms with van der Waals surface area (Å²) in [7, 11) is 1.63. The van der Waals surface area contributed by atoms with Gasteiger partial charge in [0.1, 0.15) is 0 Å². The molecule has 1 heterocycles. The van der Waals surface area contributed by atoms with Crippen LogP contribution in [0.5, 0.6) is 0 Å². The second kappa shape index (κ2) is 8.22. The zero-order valence-corrected chi connectivity index (χ0v) is 15.4. The van der Waals surface area contributed by atoms with Crippen molar-refractivity contribution in [1.29, 1.82) is 0 Å². The van der Waals surface area contributed by atoms with Crippen molar-refractivity contribution in [3.63, 3.8) is 0 Å². The Balaban J connectivity index is 1.71. The highest BCUT2D eigenvalue weighted by Crippen LogP contribution is 2.33. The molecular weight excluding hydrogens is 371 g/mol. The molecule has 0 bridgehead atoms. The van der Waals surface area contributed by atoms with Crippen LogP contribution in [0.1, 0.15) is 27.9 Å². The van der Waals surface area contributed by atoms with Crippen molar-refractivity contribution in [2.45, 2.75) is 25.1 Å². The summed E-state index contributed by atoms with van der Waals surface area (Å²) in [6, 6.07) is 12.2. The Morgan fingerprint density at radius 1 is 1.14 bits per heavy atom. The van der Waals surface area contributed by atoms with Crippen LogP contribution in [0.25, 0.3) is 0 Å². The first-order valence-electron chi connectivity index (χ1n) is 9.03. The molecule has 0 aliphatic carbocycles. The van der Waals surface area contributed by atoms with E-state index in [0.717, 1.165) is 36.3 Å². The molecule has 1 unspecified atom stereocenters. The number of aromatic carboxylic acids is 1. The summed E-state index contributed by atoms with van der Waals surface area (Å²) in [4.78, 5) is 13.2. The van der Waals surface area contributed by atoms with Gasteiger partial charge in [0.25, 0.3) is 0 Å². The number of carbonyl (C=O) groups is 1. The number of benzene rings is 2.